The van der Waals surface area contributed by atoms with Gasteiger partial charge in [-0.25, -0.2) is 0 Å². The number of ketones is 1. The van der Waals surface area contributed by atoms with Crippen LogP contribution in [0.25, 0.3) is 0 Å². The van der Waals surface area contributed by atoms with Crippen molar-refractivity contribution in [3.63, 3.8) is 0 Å². The lowest BCUT2D eigenvalue weighted by molar-refractivity contribution is -0.115. The van der Waals surface area contributed by atoms with Gasteiger partial charge in [-0.05, 0) is 47.6 Å². The average Bonchev–Trinajstić information content (AvgIpc) is 2.66. The number of allylic oxidation sites excluding steroid dienone is 4. The summed E-state index contributed by atoms with van der Waals surface area (Å²) in [7, 11) is 1.50. The monoisotopic (exact) mass is 408 g/mol. The molecule has 0 saturated carbocycles. The molecule has 2 aromatic carbocycles. The van der Waals surface area contributed by atoms with Crippen molar-refractivity contribution in [1.82, 2.24) is 0 Å². The Morgan fingerprint density at radius 1 is 1.04 bits per heavy atom. The van der Waals surface area contributed by atoms with Crippen molar-refractivity contribution >= 4 is 27.4 Å². The SMILES string of the molecule is COC1=CC(=CN=Nc2ccc(Br)cc2)C=C(Cc2ccccc2)C1=O. The average molecular weight is 409 g/mol. The number of ether oxygens (including phenoxy) is 1. The number of Topliss-reactive ketones (excluding diaryl/α,β-unsaturated/α-hetero) is 1. The van der Waals surface area contributed by atoms with E-state index >= 15 is 0 Å². The van der Waals surface area contributed by atoms with Crippen LogP contribution in [0.15, 0.2) is 105 Å². The highest BCUT2D eigenvalue weighted by Crippen LogP contribution is 2.23. The Morgan fingerprint density at radius 2 is 1.77 bits per heavy atom. The highest BCUT2D eigenvalue weighted by Gasteiger charge is 2.21. The molecule has 0 amide bonds. The largest absolute Gasteiger partial charge is 0.493 e. The van der Waals surface area contributed by atoms with Gasteiger partial charge in [-0.3, -0.25) is 4.79 Å². The third kappa shape index (κ3) is 4.64. The van der Waals surface area contributed by atoms with Gasteiger partial charge in [-0.1, -0.05) is 46.3 Å². The minimum Gasteiger partial charge on any atom is -0.493 e. The molecule has 2 aromatic rings. The summed E-state index contributed by atoms with van der Waals surface area (Å²) in [5, 5.41) is 8.29. The molecule has 0 spiro atoms. The lowest BCUT2D eigenvalue weighted by Gasteiger charge is -2.14. The lowest BCUT2D eigenvalue weighted by Crippen LogP contribution is -2.14. The maximum atomic E-state index is 12.5. The second-order valence-electron chi connectivity index (χ2n) is 5.69. The molecule has 1 aliphatic carbocycles. The molecule has 0 fully saturated rings. The van der Waals surface area contributed by atoms with Crippen molar-refractivity contribution in [3.05, 3.63) is 99.9 Å². The molecule has 4 nitrogen and oxygen atoms in total. The molecule has 0 unspecified atom stereocenters. The molecule has 0 radical (unpaired) electrons. The van der Waals surface area contributed by atoms with Gasteiger partial charge in [0.1, 0.15) is 0 Å². The van der Waals surface area contributed by atoms with Crippen LogP contribution in [0.4, 0.5) is 5.69 Å². The number of azo groups is 1. The second kappa shape index (κ2) is 8.54. The summed E-state index contributed by atoms with van der Waals surface area (Å²) in [5.41, 5.74) is 3.26. The molecule has 130 valence electrons. The zero-order valence-corrected chi connectivity index (χ0v) is 15.8. The Hall–Kier alpha value is -2.79. The summed E-state index contributed by atoms with van der Waals surface area (Å²) in [4.78, 5) is 12.5. The number of halogens is 1. The fourth-order valence-corrected chi connectivity index (χ4v) is 2.79. The molecule has 3 rings (SSSR count). The van der Waals surface area contributed by atoms with Gasteiger partial charge in [0.25, 0.3) is 0 Å². The highest BCUT2D eigenvalue weighted by atomic mass is 79.9. The topological polar surface area (TPSA) is 51.0 Å². The molecule has 0 N–H and O–H groups in total. The van der Waals surface area contributed by atoms with Gasteiger partial charge in [0.05, 0.1) is 19.0 Å². The number of carbonyl (C=O) groups excluding carboxylic acids is 1. The number of benzene rings is 2. The van der Waals surface area contributed by atoms with E-state index in [2.05, 4.69) is 26.2 Å². The maximum Gasteiger partial charge on any atom is 0.223 e. The predicted octanol–water partition coefficient (Wildman–Crippen LogP) is 5.70. The van der Waals surface area contributed by atoms with Gasteiger partial charge in [0, 0.05) is 16.5 Å². The third-order valence-electron chi connectivity index (χ3n) is 3.82. The summed E-state index contributed by atoms with van der Waals surface area (Å²) in [6.45, 7) is 0. The van der Waals surface area contributed by atoms with E-state index in [-0.39, 0.29) is 5.78 Å². The first-order valence-electron chi connectivity index (χ1n) is 8.07. The van der Waals surface area contributed by atoms with E-state index in [1.165, 1.54) is 7.11 Å². The summed E-state index contributed by atoms with van der Waals surface area (Å²) < 4.78 is 6.22. The van der Waals surface area contributed by atoms with Crippen LogP contribution in [0.1, 0.15) is 5.56 Å². The van der Waals surface area contributed by atoms with Crippen LogP contribution in [-0.2, 0) is 16.0 Å². The molecule has 26 heavy (non-hydrogen) atoms. The molecule has 0 heterocycles. The van der Waals surface area contributed by atoms with Crippen molar-refractivity contribution in [2.24, 2.45) is 10.2 Å². The zero-order chi connectivity index (χ0) is 18.4. The Kier molecular flexibility index (Phi) is 5.92. The fourth-order valence-electron chi connectivity index (χ4n) is 2.53. The van der Waals surface area contributed by atoms with Crippen LogP contribution in [0.5, 0.6) is 0 Å². The van der Waals surface area contributed by atoms with Crippen molar-refractivity contribution < 1.29 is 9.53 Å². The van der Waals surface area contributed by atoms with Crippen molar-refractivity contribution in [2.75, 3.05) is 7.11 Å². The number of nitrogens with zero attached hydrogens (tertiary/aromatic N) is 2. The summed E-state index contributed by atoms with van der Waals surface area (Å²) in [5.74, 6) is 0.210. The van der Waals surface area contributed by atoms with Crippen molar-refractivity contribution in [1.29, 1.82) is 0 Å². The Balaban J connectivity index is 1.83. The first-order chi connectivity index (χ1) is 12.7. The van der Waals surface area contributed by atoms with Gasteiger partial charge in [-0.2, -0.15) is 10.2 Å². The van der Waals surface area contributed by atoms with Gasteiger partial charge in [0.15, 0.2) is 5.76 Å². The molecule has 0 aromatic heterocycles. The van der Waals surface area contributed by atoms with Gasteiger partial charge < -0.3 is 4.74 Å². The quantitative estimate of drug-likeness (QED) is 0.595. The summed E-state index contributed by atoms with van der Waals surface area (Å²) in [6, 6.07) is 17.4. The van der Waals surface area contributed by atoms with Crippen LogP contribution < -0.4 is 0 Å². The molecule has 0 atom stereocenters. The van der Waals surface area contributed by atoms with Gasteiger partial charge >= 0.3 is 0 Å². The second-order valence-corrected chi connectivity index (χ2v) is 6.61. The van der Waals surface area contributed by atoms with E-state index in [4.69, 9.17) is 4.74 Å². The van der Waals surface area contributed by atoms with Crippen LogP contribution in [0.3, 0.4) is 0 Å². The third-order valence-corrected chi connectivity index (χ3v) is 4.35. The van der Waals surface area contributed by atoms with Crippen molar-refractivity contribution in [2.45, 2.75) is 6.42 Å². The van der Waals surface area contributed by atoms with E-state index < -0.39 is 0 Å². The van der Waals surface area contributed by atoms with Crippen LogP contribution >= 0.6 is 15.9 Å². The normalized spacial score (nSPS) is 15.9. The molecular weight excluding hydrogens is 392 g/mol. The van der Waals surface area contributed by atoms with E-state index in [0.717, 1.165) is 21.3 Å². The van der Waals surface area contributed by atoms with E-state index in [9.17, 15) is 4.79 Å². The maximum absolute atomic E-state index is 12.5. The zero-order valence-electron chi connectivity index (χ0n) is 14.2. The first-order valence-corrected chi connectivity index (χ1v) is 8.86. The molecule has 1 aliphatic rings. The number of rotatable bonds is 5. The van der Waals surface area contributed by atoms with Crippen LogP contribution in [0.2, 0.25) is 0 Å². The Bertz CT molecular complexity index is 911. The highest BCUT2D eigenvalue weighted by molar-refractivity contribution is 9.10. The number of methoxy groups -OCH3 is 1. The van der Waals surface area contributed by atoms with E-state index in [1.54, 1.807) is 12.3 Å². The number of carbonyl (C=O) groups is 1. The smallest absolute Gasteiger partial charge is 0.223 e. The molecule has 0 bridgehead atoms. The standard InChI is InChI=1S/C21H17BrN2O2/c1-26-20-13-16(14-23-24-19-9-7-18(22)8-10-19)12-17(21(20)25)11-15-5-3-2-4-6-15/h2-10,12-14H,11H2,1H3. The minimum atomic E-state index is -0.0987. The lowest BCUT2D eigenvalue weighted by atomic mass is 9.94. The summed E-state index contributed by atoms with van der Waals surface area (Å²) >= 11 is 3.38. The van der Waals surface area contributed by atoms with Gasteiger partial charge in [-0.15, -0.1) is 0 Å². The molecule has 0 saturated heterocycles. The molecule has 0 aliphatic heterocycles. The van der Waals surface area contributed by atoms with Crippen LogP contribution in [-0.4, -0.2) is 12.9 Å². The van der Waals surface area contributed by atoms with Gasteiger partial charge in [0.2, 0.25) is 5.78 Å². The summed E-state index contributed by atoms with van der Waals surface area (Å²) in [6.07, 6.45) is 5.68. The number of hydrogen-bond acceptors (Lipinski definition) is 4. The Morgan fingerprint density at radius 3 is 2.46 bits per heavy atom. The Labute approximate surface area is 160 Å². The molecular formula is C21H17BrN2O2. The molecule has 5 heteroatoms. The first kappa shape index (κ1) is 18.0. The fraction of sp³-hybridized carbons (Fsp3) is 0.0952. The number of hydrogen-bond donors (Lipinski definition) is 0. The van der Waals surface area contributed by atoms with Crippen molar-refractivity contribution in [3.8, 4) is 0 Å². The predicted molar refractivity (Wildman–Crippen MR) is 105 cm³/mol. The minimum absolute atomic E-state index is 0.0987. The van der Waals surface area contributed by atoms with E-state index in [0.29, 0.717) is 17.8 Å². The van der Waals surface area contributed by atoms with E-state index in [1.807, 2.05) is 60.7 Å². The van der Waals surface area contributed by atoms with Crippen LogP contribution in [0, 0.1) is 0 Å².